The number of nitrogens with zero attached hydrogens (tertiary/aromatic N) is 1. The maximum absolute atomic E-state index is 12.9. The predicted molar refractivity (Wildman–Crippen MR) is 110 cm³/mol. The van der Waals surface area contributed by atoms with Crippen molar-refractivity contribution in [2.75, 3.05) is 27.9 Å². The Bertz CT molecular complexity index is 835. The summed E-state index contributed by atoms with van der Waals surface area (Å²) in [4.78, 5) is 26.0. The number of hydrogen-bond donors (Lipinski definition) is 0. The van der Waals surface area contributed by atoms with E-state index in [1.165, 1.54) is 7.11 Å². The zero-order valence-corrected chi connectivity index (χ0v) is 18.0. The van der Waals surface area contributed by atoms with Crippen LogP contribution in [0.15, 0.2) is 40.9 Å². The summed E-state index contributed by atoms with van der Waals surface area (Å²) in [6, 6.07) is 10.4. The Morgan fingerprint density at radius 2 is 1.75 bits per heavy atom. The second kappa shape index (κ2) is 10.1. The van der Waals surface area contributed by atoms with Gasteiger partial charge in [-0.3, -0.25) is 4.79 Å². The minimum atomic E-state index is -0.390. The van der Waals surface area contributed by atoms with Crippen LogP contribution >= 0.6 is 15.9 Å². The third kappa shape index (κ3) is 5.25. The number of hydrogen-bond acceptors (Lipinski definition) is 5. The number of benzene rings is 2. The van der Waals surface area contributed by atoms with Crippen LogP contribution in [0.1, 0.15) is 39.6 Å². The second-order valence-electron chi connectivity index (χ2n) is 6.19. The third-order valence-corrected chi connectivity index (χ3v) is 4.66. The van der Waals surface area contributed by atoms with E-state index in [2.05, 4.69) is 15.9 Å². The van der Waals surface area contributed by atoms with Gasteiger partial charge >= 0.3 is 5.97 Å². The molecule has 0 aliphatic rings. The van der Waals surface area contributed by atoms with Gasteiger partial charge in [-0.25, -0.2) is 4.79 Å². The number of halogens is 1. The fourth-order valence-electron chi connectivity index (χ4n) is 2.62. The molecule has 0 unspecified atom stereocenters. The van der Waals surface area contributed by atoms with E-state index in [1.54, 1.807) is 55.5 Å². The monoisotopic (exact) mass is 449 g/mol. The van der Waals surface area contributed by atoms with Crippen molar-refractivity contribution in [2.45, 2.75) is 19.9 Å². The average molecular weight is 450 g/mol. The van der Waals surface area contributed by atoms with Crippen LogP contribution in [-0.4, -0.2) is 44.7 Å². The summed E-state index contributed by atoms with van der Waals surface area (Å²) in [5, 5.41) is 0. The topological polar surface area (TPSA) is 65.1 Å². The van der Waals surface area contributed by atoms with Crippen molar-refractivity contribution in [3.05, 3.63) is 57.6 Å². The molecular formula is C21H24BrNO5. The molecule has 0 saturated carbocycles. The molecule has 0 aliphatic heterocycles. The van der Waals surface area contributed by atoms with Gasteiger partial charge in [0.2, 0.25) is 0 Å². The first-order valence-electron chi connectivity index (χ1n) is 8.84. The van der Waals surface area contributed by atoms with E-state index in [4.69, 9.17) is 14.2 Å². The number of amides is 1. The lowest BCUT2D eigenvalue weighted by molar-refractivity contribution is 0.0600. The second-order valence-corrected chi connectivity index (χ2v) is 7.04. The number of rotatable bonds is 8. The first kappa shape index (κ1) is 21.8. The van der Waals surface area contributed by atoms with Crippen LogP contribution in [0.2, 0.25) is 0 Å². The smallest absolute Gasteiger partial charge is 0.337 e. The summed E-state index contributed by atoms with van der Waals surface area (Å²) >= 11 is 3.46. The SMILES string of the molecule is CCCOc1c(Br)cc(C(=O)N(C)Cc2ccc(C(=O)OC)cc2)cc1OC. The quantitative estimate of drug-likeness (QED) is 0.561. The van der Waals surface area contributed by atoms with E-state index in [1.807, 2.05) is 6.92 Å². The summed E-state index contributed by atoms with van der Waals surface area (Å²) in [5.74, 6) is 0.542. The Labute approximate surface area is 173 Å². The zero-order chi connectivity index (χ0) is 20.7. The van der Waals surface area contributed by atoms with Crippen molar-refractivity contribution in [1.29, 1.82) is 0 Å². The van der Waals surface area contributed by atoms with Gasteiger partial charge < -0.3 is 19.1 Å². The van der Waals surface area contributed by atoms with Crippen molar-refractivity contribution in [3.63, 3.8) is 0 Å². The lowest BCUT2D eigenvalue weighted by atomic mass is 10.1. The molecule has 150 valence electrons. The summed E-state index contributed by atoms with van der Waals surface area (Å²) < 4.78 is 16.4. The van der Waals surface area contributed by atoms with Gasteiger partial charge in [-0.2, -0.15) is 0 Å². The van der Waals surface area contributed by atoms with Crippen LogP contribution < -0.4 is 9.47 Å². The largest absolute Gasteiger partial charge is 0.493 e. The summed E-state index contributed by atoms with van der Waals surface area (Å²) in [7, 11) is 4.60. The van der Waals surface area contributed by atoms with E-state index >= 15 is 0 Å². The first-order chi connectivity index (χ1) is 13.4. The number of esters is 1. The molecule has 2 rings (SSSR count). The Kier molecular flexibility index (Phi) is 7.87. The Morgan fingerprint density at radius 1 is 1.07 bits per heavy atom. The minimum absolute atomic E-state index is 0.155. The van der Waals surface area contributed by atoms with Crippen LogP contribution in [0.4, 0.5) is 0 Å². The highest BCUT2D eigenvalue weighted by Crippen LogP contribution is 2.37. The molecule has 0 aliphatic carbocycles. The van der Waals surface area contributed by atoms with Gasteiger partial charge in [0.25, 0.3) is 5.91 Å². The van der Waals surface area contributed by atoms with Crippen LogP contribution in [-0.2, 0) is 11.3 Å². The Morgan fingerprint density at radius 3 is 2.32 bits per heavy atom. The van der Waals surface area contributed by atoms with Gasteiger partial charge in [0.15, 0.2) is 11.5 Å². The molecule has 0 heterocycles. The molecule has 0 atom stereocenters. The van der Waals surface area contributed by atoms with Gasteiger partial charge in [0.05, 0.1) is 30.9 Å². The molecule has 0 spiro atoms. The molecule has 2 aromatic rings. The molecule has 7 heteroatoms. The van der Waals surface area contributed by atoms with Crippen molar-refractivity contribution in [1.82, 2.24) is 4.90 Å². The maximum Gasteiger partial charge on any atom is 0.337 e. The molecule has 28 heavy (non-hydrogen) atoms. The summed E-state index contributed by atoms with van der Waals surface area (Å²) in [6.07, 6.45) is 0.869. The van der Waals surface area contributed by atoms with Crippen molar-refractivity contribution >= 4 is 27.8 Å². The lowest BCUT2D eigenvalue weighted by Gasteiger charge is -2.19. The minimum Gasteiger partial charge on any atom is -0.493 e. The van der Waals surface area contributed by atoms with Gasteiger partial charge in [0, 0.05) is 19.2 Å². The highest BCUT2D eigenvalue weighted by Gasteiger charge is 2.18. The lowest BCUT2D eigenvalue weighted by Crippen LogP contribution is -2.26. The van der Waals surface area contributed by atoms with Crippen LogP contribution in [0.3, 0.4) is 0 Å². The highest BCUT2D eigenvalue weighted by atomic mass is 79.9. The van der Waals surface area contributed by atoms with E-state index in [-0.39, 0.29) is 5.91 Å². The molecule has 0 radical (unpaired) electrons. The molecule has 0 N–H and O–H groups in total. The van der Waals surface area contributed by atoms with Crippen LogP contribution in [0, 0.1) is 0 Å². The molecule has 2 aromatic carbocycles. The number of ether oxygens (including phenoxy) is 3. The van der Waals surface area contributed by atoms with E-state index < -0.39 is 5.97 Å². The van der Waals surface area contributed by atoms with Crippen molar-refractivity contribution in [3.8, 4) is 11.5 Å². The van der Waals surface area contributed by atoms with Crippen molar-refractivity contribution < 1.29 is 23.8 Å². The average Bonchev–Trinajstić information content (AvgIpc) is 2.71. The third-order valence-electron chi connectivity index (χ3n) is 4.07. The Hall–Kier alpha value is -2.54. The molecule has 1 amide bonds. The first-order valence-corrected chi connectivity index (χ1v) is 9.63. The number of methoxy groups -OCH3 is 2. The molecule has 6 nitrogen and oxygen atoms in total. The summed E-state index contributed by atoms with van der Waals surface area (Å²) in [6.45, 7) is 2.98. The van der Waals surface area contributed by atoms with Gasteiger partial charge in [-0.1, -0.05) is 19.1 Å². The Balaban J connectivity index is 2.16. The van der Waals surface area contributed by atoms with Crippen molar-refractivity contribution in [2.24, 2.45) is 0 Å². The maximum atomic E-state index is 12.9. The number of carbonyl (C=O) groups is 2. The number of carbonyl (C=O) groups excluding carboxylic acids is 2. The molecule has 0 saturated heterocycles. The normalized spacial score (nSPS) is 10.3. The molecule has 0 aromatic heterocycles. The molecular weight excluding hydrogens is 426 g/mol. The van der Waals surface area contributed by atoms with E-state index in [9.17, 15) is 9.59 Å². The van der Waals surface area contributed by atoms with E-state index in [0.29, 0.717) is 40.3 Å². The fraction of sp³-hybridized carbons (Fsp3) is 0.333. The standard InChI is InChI=1S/C21H24BrNO5/c1-5-10-28-19-17(22)11-16(12-18(19)26-3)20(24)23(2)13-14-6-8-15(9-7-14)21(25)27-4/h6-9,11-12H,5,10,13H2,1-4H3. The fourth-order valence-corrected chi connectivity index (χ4v) is 3.17. The van der Waals surface area contributed by atoms with Crippen LogP contribution in [0.25, 0.3) is 0 Å². The zero-order valence-electron chi connectivity index (χ0n) is 16.5. The molecule has 0 fully saturated rings. The van der Waals surface area contributed by atoms with E-state index in [0.717, 1.165) is 12.0 Å². The van der Waals surface area contributed by atoms with Gasteiger partial charge in [-0.15, -0.1) is 0 Å². The molecule has 0 bridgehead atoms. The van der Waals surface area contributed by atoms with Gasteiger partial charge in [0.1, 0.15) is 0 Å². The predicted octanol–water partition coefficient (Wildman–Crippen LogP) is 4.31. The van der Waals surface area contributed by atoms with Gasteiger partial charge in [-0.05, 0) is 52.2 Å². The van der Waals surface area contributed by atoms with Crippen LogP contribution in [0.5, 0.6) is 11.5 Å². The summed E-state index contributed by atoms with van der Waals surface area (Å²) in [5.41, 5.74) is 1.86. The highest BCUT2D eigenvalue weighted by molar-refractivity contribution is 9.10.